The van der Waals surface area contributed by atoms with Gasteiger partial charge in [-0.25, -0.2) is 4.98 Å². The van der Waals surface area contributed by atoms with Crippen LogP contribution in [-0.2, 0) is 11.2 Å². The van der Waals surface area contributed by atoms with E-state index in [0.29, 0.717) is 34.4 Å². The quantitative estimate of drug-likeness (QED) is 0.601. The van der Waals surface area contributed by atoms with E-state index in [-0.39, 0.29) is 11.7 Å². The summed E-state index contributed by atoms with van der Waals surface area (Å²) >= 11 is 1.31. The Labute approximate surface area is 159 Å². The van der Waals surface area contributed by atoms with Gasteiger partial charge in [-0.3, -0.25) is 9.59 Å². The van der Waals surface area contributed by atoms with Gasteiger partial charge < -0.3 is 15.6 Å². The van der Waals surface area contributed by atoms with Gasteiger partial charge in [-0.05, 0) is 36.4 Å². The van der Waals surface area contributed by atoms with Gasteiger partial charge >= 0.3 is 0 Å². The lowest BCUT2D eigenvalue weighted by molar-refractivity contribution is -0.113. The highest BCUT2D eigenvalue weighted by Gasteiger charge is 2.09. The maximum atomic E-state index is 12.0. The number of aryl methyl sites for hydroxylation is 1. The van der Waals surface area contributed by atoms with Gasteiger partial charge in [0.05, 0.1) is 16.3 Å². The van der Waals surface area contributed by atoms with E-state index < -0.39 is 5.91 Å². The van der Waals surface area contributed by atoms with Crippen LogP contribution >= 0.6 is 11.8 Å². The molecule has 3 rings (SSSR count). The van der Waals surface area contributed by atoms with Gasteiger partial charge in [0.2, 0.25) is 11.8 Å². The van der Waals surface area contributed by atoms with E-state index in [2.05, 4.69) is 20.4 Å². The minimum absolute atomic E-state index is 0.179. The van der Waals surface area contributed by atoms with Gasteiger partial charge in [-0.1, -0.05) is 23.8 Å². The fraction of sp³-hybridized carbons (Fsp3) is 0.167. The second kappa shape index (κ2) is 8.45. The lowest BCUT2D eigenvalue weighted by atomic mass is 10.2. The highest BCUT2D eigenvalue weighted by molar-refractivity contribution is 7.99. The van der Waals surface area contributed by atoms with Crippen molar-refractivity contribution in [1.29, 1.82) is 0 Å². The zero-order valence-electron chi connectivity index (χ0n) is 14.5. The van der Waals surface area contributed by atoms with Crippen molar-refractivity contribution in [2.75, 3.05) is 11.1 Å². The molecule has 0 saturated carbocycles. The zero-order valence-corrected chi connectivity index (χ0v) is 15.3. The molecular formula is C18H17N5O3S. The third kappa shape index (κ3) is 4.91. The van der Waals surface area contributed by atoms with Crippen molar-refractivity contribution >= 4 is 29.3 Å². The highest BCUT2D eigenvalue weighted by Crippen LogP contribution is 2.21. The van der Waals surface area contributed by atoms with Crippen LogP contribution in [0.15, 0.2) is 52.1 Å². The van der Waals surface area contributed by atoms with E-state index in [0.717, 1.165) is 5.56 Å². The maximum Gasteiger partial charge on any atom is 0.259 e. The number of pyridine rings is 1. The van der Waals surface area contributed by atoms with Crippen LogP contribution in [0.2, 0.25) is 0 Å². The molecule has 27 heavy (non-hydrogen) atoms. The Balaban J connectivity index is 1.53. The Bertz CT molecular complexity index is 938. The Morgan fingerprint density at radius 1 is 1.19 bits per heavy atom. The first kappa shape index (κ1) is 18.6. The minimum atomic E-state index is -0.510. The van der Waals surface area contributed by atoms with Crippen LogP contribution in [0.5, 0.6) is 0 Å². The summed E-state index contributed by atoms with van der Waals surface area (Å²) in [5, 5.41) is 7.30. The molecule has 0 spiro atoms. The molecule has 0 fully saturated rings. The molecule has 3 aromatic rings. The van der Waals surface area contributed by atoms with E-state index in [4.69, 9.17) is 10.3 Å². The summed E-state index contributed by atoms with van der Waals surface area (Å²) in [5.74, 6) is 0.577. The smallest absolute Gasteiger partial charge is 0.259 e. The summed E-state index contributed by atoms with van der Waals surface area (Å²) in [7, 11) is 0. The molecule has 2 heterocycles. The third-order valence-electron chi connectivity index (χ3n) is 3.57. The summed E-state index contributed by atoms with van der Waals surface area (Å²) < 4.78 is 5.17. The average Bonchev–Trinajstić information content (AvgIpc) is 3.16. The topological polar surface area (TPSA) is 124 Å². The van der Waals surface area contributed by atoms with E-state index >= 15 is 0 Å². The lowest BCUT2D eigenvalue weighted by Crippen LogP contribution is -2.15. The van der Waals surface area contributed by atoms with E-state index in [9.17, 15) is 9.59 Å². The molecule has 0 bridgehead atoms. The summed E-state index contributed by atoms with van der Waals surface area (Å²) in [5.41, 5.74) is 6.89. The fourth-order valence-electron chi connectivity index (χ4n) is 2.16. The molecule has 0 radical (unpaired) electrons. The number of nitrogens with one attached hydrogen (secondary N) is 1. The maximum absolute atomic E-state index is 12.0. The van der Waals surface area contributed by atoms with Gasteiger partial charge in [0, 0.05) is 23.9 Å². The van der Waals surface area contributed by atoms with Gasteiger partial charge in [0.1, 0.15) is 0 Å². The number of nitrogens with two attached hydrogens (primary N) is 1. The molecule has 0 aliphatic rings. The number of hydrogen-bond acceptors (Lipinski definition) is 7. The van der Waals surface area contributed by atoms with Crippen molar-refractivity contribution in [3.05, 3.63) is 54.0 Å². The average molecular weight is 383 g/mol. The van der Waals surface area contributed by atoms with Crippen LogP contribution in [0.4, 0.5) is 5.69 Å². The van der Waals surface area contributed by atoms with E-state index in [1.54, 1.807) is 36.5 Å². The molecule has 8 nitrogen and oxygen atoms in total. The van der Waals surface area contributed by atoms with Crippen LogP contribution in [0.25, 0.3) is 11.5 Å². The van der Waals surface area contributed by atoms with Crippen molar-refractivity contribution < 1.29 is 14.1 Å². The Hall–Kier alpha value is -3.20. The number of benzene rings is 1. The van der Waals surface area contributed by atoms with Crippen LogP contribution < -0.4 is 11.1 Å². The Morgan fingerprint density at radius 3 is 2.56 bits per heavy atom. The number of nitrogens with zero attached hydrogens (tertiary/aromatic N) is 3. The van der Waals surface area contributed by atoms with Crippen LogP contribution in [0, 0.1) is 0 Å². The van der Waals surface area contributed by atoms with Crippen molar-refractivity contribution in [2.24, 2.45) is 5.73 Å². The first-order chi connectivity index (χ1) is 13.0. The molecule has 0 aliphatic heterocycles. The van der Waals surface area contributed by atoms with Crippen LogP contribution in [0.3, 0.4) is 0 Å². The van der Waals surface area contributed by atoms with Crippen molar-refractivity contribution in [2.45, 2.75) is 18.4 Å². The largest absolute Gasteiger partial charge is 0.366 e. The van der Waals surface area contributed by atoms with Gasteiger partial charge in [0.25, 0.3) is 5.89 Å². The molecule has 0 saturated heterocycles. The number of hydrogen-bond donors (Lipinski definition) is 2. The number of primary amides is 1. The summed E-state index contributed by atoms with van der Waals surface area (Å²) in [6.45, 7) is 1.95. The molecule has 2 amide bonds. The number of rotatable bonds is 7. The Kier molecular flexibility index (Phi) is 5.82. The predicted molar refractivity (Wildman–Crippen MR) is 101 cm³/mol. The van der Waals surface area contributed by atoms with E-state index in [1.807, 2.05) is 13.0 Å². The molecule has 138 valence electrons. The summed E-state index contributed by atoms with van der Waals surface area (Å²) in [6, 6.07) is 10.0. The van der Waals surface area contributed by atoms with E-state index in [1.165, 1.54) is 11.8 Å². The number of carbonyl (C=O) groups is 2. The van der Waals surface area contributed by atoms with Crippen molar-refractivity contribution in [3.63, 3.8) is 0 Å². The molecule has 3 N–H and O–H groups in total. The molecular weight excluding hydrogens is 366 g/mol. The number of amides is 2. The van der Waals surface area contributed by atoms with Gasteiger partial charge in [-0.15, -0.1) is 0 Å². The second-order valence-electron chi connectivity index (χ2n) is 5.53. The number of thioether (sulfide) groups is 1. The zero-order chi connectivity index (χ0) is 19.2. The summed E-state index contributed by atoms with van der Waals surface area (Å²) in [6.07, 6.45) is 2.33. The Morgan fingerprint density at radius 2 is 1.96 bits per heavy atom. The lowest BCUT2D eigenvalue weighted by Gasteiger charge is -2.05. The first-order valence-corrected chi connectivity index (χ1v) is 9.15. The normalized spacial score (nSPS) is 10.6. The monoisotopic (exact) mass is 383 g/mol. The summed E-state index contributed by atoms with van der Waals surface area (Å²) in [4.78, 5) is 31.6. The molecule has 2 aromatic heterocycles. The van der Waals surface area contributed by atoms with Crippen LogP contribution in [0.1, 0.15) is 23.1 Å². The molecule has 1 aromatic carbocycles. The third-order valence-corrected chi connectivity index (χ3v) is 4.52. The molecule has 0 unspecified atom stereocenters. The molecule has 0 aliphatic carbocycles. The fourth-order valence-corrected chi connectivity index (χ4v) is 2.80. The standard InChI is InChI=1S/C18H17N5O3S/c1-2-14-22-18(26-23-14)12-5-8-16(20-9-12)27-10-15(24)21-13-6-3-11(4-7-13)17(19)25/h3-9H,2,10H2,1H3,(H2,19,25)(H,21,24). The highest BCUT2D eigenvalue weighted by atomic mass is 32.2. The first-order valence-electron chi connectivity index (χ1n) is 8.16. The minimum Gasteiger partial charge on any atom is -0.366 e. The number of carbonyl (C=O) groups excluding carboxylic acids is 2. The number of anilines is 1. The van der Waals surface area contributed by atoms with Gasteiger partial charge in [0.15, 0.2) is 5.82 Å². The van der Waals surface area contributed by atoms with Crippen molar-refractivity contribution in [3.8, 4) is 11.5 Å². The van der Waals surface area contributed by atoms with Crippen LogP contribution in [-0.4, -0.2) is 32.7 Å². The number of aromatic nitrogens is 3. The molecule has 9 heteroatoms. The predicted octanol–water partition coefficient (Wildman–Crippen LogP) is 2.52. The van der Waals surface area contributed by atoms with Crippen molar-refractivity contribution in [1.82, 2.24) is 15.1 Å². The molecule has 0 atom stereocenters. The van der Waals surface area contributed by atoms with Gasteiger partial charge in [-0.2, -0.15) is 4.98 Å². The SMILES string of the molecule is CCc1noc(-c2ccc(SCC(=O)Nc3ccc(C(N)=O)cc3)nc2)n1. The second-order valence-corrected chi connectivity index (χ2v) is 6.53.